The number of hydrogen-bond acceptors (Lipinski definition) is 4. The number of fused-ring (bicyclic) bond motifs is 3. The van der Waals surface area contributed by atoms with E-state index in [2.05, 4.69) is 30.0 Å². The number of ether oxygens (including phenoxy) is 1. The molecule has 1 heterocycles. The standard InChI is InChI=1S/C24H28N2O2S/c1-26-21(27)24(25-22(26)29-3)20-14-17(7-6-16-4-5-16)8-9-18(20)15-23(24)12-10-19(28-2)11-13-23/h8-9,14,16,19H,4-5,10-13,15H2,1-3H3. The van der Waals surface area contributed by atoms with Crippen molar-refractivity contribution in [2.45, 2.75) is 56.6 Å². The monoisotopic (exact) mass is 408 g/mol. The number of methoxy groups -OCH3 is 1. The van der Waals surface area contributed by atoms with Crippen molar-refractivity contribution in [3.8, 4) is 11.8 Å². The number of amidine groups is 1. The summed E-state index contributed by atoms with van der Waals surface area (Å²) in [6.45, 7) is 0. The molecule has 1 aliphatic heterocycles. The lowest BCUT2D eigenvalue weighted by Crippen LogP contribution is -2.51. The topological polar surface area (TPSA) is 41.9 Å². The number of hydrogen-bond donors (Lipinski definition) is 0. The van der Waals surface area contributed by atoms with Gasteiger partial charge in [0.05, 0.1) is 6.10 Å². The van der Waals surface area contributed by atoms with Crippen molar-refractivity contribution in [3.63, 3.8) is 0 Å². The average Bonchev–Trinajstić information content (AvgIpc) is 3.49. The molecule has 0 aromatic heterocycles. The second-order valence-electron chi connectivity index (χ2n) is 8.98. The molecular formula is C24H28N2O2S. The van der Waals surface area contributed by atoms with Gasteiger partial charge in [0, 0.05) is 31.1 Å². The summed E-state index contributed by atoms with van der Waals surface area (Å²) in [7, 11) is 3.67. The van der Waals surface area contributed by atoms with Crippen LogP contribution in [0.4, 0.5) is 0 Å². The summed E-state index contributed by atoms with van der Waals surface area (Å²) < 4.78 is 5.64. The van der Waals surface area contributed by atoms with Crippen molar-refractivity contribution in [1.29, 1.82) is 0 Å². The molecular weight excluding hydrogens is 380 g/mol. The molecule has 1 unspecified atom stereocenters. The zero-order valence-corrected chi connectivity index (χ0v) is 18.3. The molecule has 0 saturated heterocycles. The van der Waals surface area contributed by atoms with Crippen molar-refractivity contribution in [2.24, 2.45) is 16.3 Å². The molecule has 1 amide bonds. The van der Waals surface area contributed by atoms with Crippen LogP contribution in [-0.2, 0) is 21.5 Å². The summed E-state index contributed by atoms with van der Waals surface area (Å²) in [6, 6.07) is 6.50. The van der Waals surface area contributed by atoms with Crippen molar-refractivity contribution in [3.05, 3.63) is 34.9 Å². The fraction of sp³-hybridized carbons (Fsp3) is 0.583. The first-order valence-corrected chi connectivity index (χ1v) is 11.9. The van der Waals surface area contributed by atoms with E-state index in [9.17, 15) is 4.79 Å². The van der Waals surface area contributed by atoms with Crippen molar-refractivity contribution in [2.75, 3.05) is 20.4 Å². The summed E-state index contributed by atoms with van der Waals surface area (Å²) in [6.07, 6.45) is 9.56. The number of thioether (sulfide) groups is 1. The number of carbonyl (C=O) groups is 1. The van der Waals surface area contributed by atoms with Crippen LogP contribution in [0.25, 0.3) is 0 Å². The molecule has 1 atom stereocenters. The highest BCUT2D eigenvalue weighted by molar-refractivity contribution is 8.13. The molecule has 29 heavy (non-hydrogen) atoms. The van der Waals surface area contributed by atoms with Crippen LogP contribution >= 0.6 is 11.8 Å². The van der Waals surface area contributed by atoms with Crippen LogP contribution in [0.3, 0.4) is 0 Å². The summed E-state index contributed by atoms with van der Waals surface area (Å²) in [4.78, 5) is 20.8. The minimum Gasteiger partial charge on any atom is -0.381 e. The van der Waals surface area contributed by atoms with Gasteiger partial charge in [0.15, 0.2) is 10.7 Å². The normalized spacial score (nSPS) is 33.1. The Balaban J connectivity index is 1.64. The van der Waals surface area contributed by atoms with E-state index in [1.54, 1.807) is 23.8 Å². The Kier molecular flexibility index (Phi) is 4.56. The molecule has 2 fully saturated rings. The van der Waals surface area contributed by atoms with Gasteiger partial charge in [-0.25, -0.2) is 4.99 Å². The van der Waals surface area contributed by atoms with Crippen LogP contribution in [0.15, 0.2) is 23.2 Å². The first-order chi connectivity index (χ1) is 14.0. The van der Waals surface area contributed by atoms with E-state index in [0.717, 1.165) is 48.4 Å². The Bertz CT molecular complexity index is 947. The molecule has 0 N–H and O–H groups in total. The third-order valence-corrected chi connectivity index (χ3v) is 8.09. The lowest BCUT2D eigenvalue weighted by Gasteiger charge is -2.45. The molecule has 5 rings (SSSR count). The summed E-state index contributed by atoms with van der Waals surface area (Å²) in [5.74, 6) is 7.41. The highest BCUT2D eigenvalue weighted by Crippen LogP contribution is 2.62. The maximum absolute atomic E-state index is 13.8. The van der Waals surface area contributed by atoms with E-state index < -0.39 is 5.54 Å². The van der Waals surface area contributed by atoms with Gasteiger partial charge in [-0.1, -0.05) is 29.7 Å². The van der Waals surface area contributed by atoms with Crippen LogP contribution in [0, 0.1) is 23.2 Å². The highest BCUT2D eigenvalue weighted by atomic mass is 32.2. The molecule has 2 saturated carbocycles. The van der Waals surface area contributed by atoms with E-state index in [1.807, 2.05) is 13.3 Å². The zero-order valence-electron chi connectivity index (χ0n) is 17.5. The fourth-order valence-corrected chi connectivity index (χ4v) is 6.14. The minimum absolute atomic E-state index is 0.128. The molecule has 1 aromatic rings. The zero-order chi connectivity index (χ0) is 20.2. The lowest BCUT2D eigenvalue weighted by atomic mass is 9.61. The Morgan fingerprint density at radius 3 is 2.62 bits per heavy atom. The SMILES string of the molecule is COC1CCC2(CC1)Cc1ccc(C#CC3CC3)cc1C21N=C(SC)N(C)C1=O. The summed E-state index contributed by atoms with van der Waals surface area (Å²) >= 11 is 1.56. The quantitative estimate of drug-likeness (QED) is 0.661. The fourth-order valence-electron chi connectivity index (χ4n) is 5.55. The largest absolute Gasteiger partial charge is 0.381 e. The van der Waals surface area contributed by atoms with Gasteiger partial charge in [0.1, 0.15) is 0 Å². The van der Waals surface area contributed by atoms with Gasteiger partial charge in [-0.2, -0.15) is 0 Å². The molecule has 5 heteroatoms. The number of rotatable bonds is 1. The summed E-state index contributed by atoms with van der Waals surface area (Å²) in [5.41, 5.74) is 2.42. The van der Waals surface area contributed by atoms with Crippen LogP contribution in [0.2, 0.25) is 0 Å². The number of carbonyl (C=O) groups excluding carboxylic acids is 1. The van der Waals surface area contributed by atoms with Gasteiger partial charge >= 0.3 is 0 Å². The predicted octanol–water partition coefficient (Wildman–Crippen LogP) is 3.97. The molecule has 4 aliphatic rings. The molecule has 152 valence electrons. The maximum atomic E-state index is 13.8. The number of benzene rings is 1. The van der Waals surface area contributed by atoms with Crippen molar-refractivity contribution >= 4 is 22.8 Å². The Hall–Kier alpha value is -1.77. The van der Waals surface area contributed by atoms with E-state index >= 15 is 0 Å². The van der Waals surface area contributed by atoms with Gasteiger partial charge in [-0.15, -0.1) is 0 Å². The second-order valence-corrected chi connectivity index (χ2v) is 9.75. The maximum Gasteiger partial charge on any atom is 0.261 e. The number of amides is 1. The van der Waals surface area contributed by atoms with Gasteiger partial charge in [0.25, 0.3) is 5.91 Å². The van der Waals surface area contributed by atoms with E-state index in [-0.39, 0.29) is 11.3 Å². The Morgan fingerprint density at radius 2 is 2.00 bits per heavy atom. The van der Waals surface area contributed by atoms with Crippen LogP contribution in [-0.4, -0.2) is 42.5 Å². The third-order valence-electron chi connectivity index (χ3n) is 7.36. The highest BCUT2D eigenvalue weighted by Gasteiger charge is 2.66. The second kappa shape index (κ2) is 6.89. The first kappa shape index (κ1) is 19.2. The van der Waals surface area contributed by atoms with Gasteiger partial charge in [-0.05, 0) is 74.5 Å². The Labute approximate surface area is 177 Å². The van der Waals surface area contributed by atoms with E-state index in [4.69, 9.17) is 9.73 Å². The van der Waals surface area contributed by atoms with Crippen LogP contribution in [0.1, 0.15) is 55.2 Å². The number of nitrogens with zero attached hydrogens (tertiary/aromatic N) is 2. The predicted molar refractivity (Wildman–Crippen MR) is 117 cm³/mol. The van der Waals surface area contributed by atoms with E-state index in [1.165, 1.54) is 18.4 Å². The van der Waals surface area contributed by atoms with Gasteiger partial charge in [-0.3, -0.25) is 9.69 Å². The van der Waals surface area contributed by atoms with Crippen molar-refractivity contribution < 1.29 is 9.53 Å². The molecule has 0 bridgehead atoms. The van der Waals surface area contributed by atoms with Gasteiger partial charge in [0.2, 0.25) is 0 Å². The number of aliphatic imine (C=N–C) groups is 1. The molecule has 1 aromatic carbocycles. The smallest absolute Gasteiger partial charge is 0.261 e. The van der Waals surface area contributed by atoms with Crippen LogP contribution in [0.5, 0.6) is 0 Å². The molecule has 0 radical (unpaired) electrons. The van der Waals surface area contributed by atoms with E-state index in [0.29, 0.717) is 12.0 Å². The Morgan fingerprint density at radius 1 is 1.24 bits per heavy atom. The van der Waals surface area contributed by atoms with Gasteiger partial charge < -0.3 is 4.74 Å². The average molecular weight is 409 g/mol. The summed E-state index contributed by atoms with van der Waals surface area (Å²) in [5, 5.41) is 0.825. The first-order valence-electron chi connectivity index (χ1n) is 10.6. The lowest BCUT2D eigenvalue weighted by molar-refractivity contribution is -0.137. The molecule has 4 nitrogen and oxygen atoms in total. The van der Waals surface area contributed by atoms with Crippen LogP contribution < -0.4 is 0 Å². The molecule has 2 spiro atoms. The van der Waals surface area contributed by atoms with Crippen molar-refractivity contribution in [1.82, 2.24) is 4.90 Å². The minimum atomic E-state index is -0.800. The number of likely N-dealkylation sites (N-methyl/N-ethyl adjacent to an activating group) is 1. The molecule has 3 aliphatic carbocycles. The third kappa shape index (κ3) is 2.79.